The number of rotatable bonds is 6. The van der Waals surface area contributed by atoms with Gasteiger partial charge in [-0.1, -0.05) is 6.07 Å². The SMILES string of the molecule is CCN(CCC(F)(F)F)C(=O)c1cccc(S(=O)(=O)N2CCN(C(C)=O)CC2)c1. The maximum Gasteiger partial charge on any atom is 0.390 e. The molecule has 1 aliphatic rings. The summed E-state index contributed by atoms with van der Waals surface area (Å²) in [7, 11) is -3.89. The van der Waals surface area contributed by atoms with Crippen LogP contribution in [0.5, 0.6) is 0 Å². The highest BCUT2D eigenvalue weighted by atomic mass is 32.2. The van der Waals surface area contributed by atoms with Crippen molar-refractivity contribution in [3.8, 4) is 0 Å². The van der Waals surface area contributed by atoms with Crippen LogP contribution in [-0.2, 0) is 14.8 Å². The van der Waals surface area contributed by atoms with Gasteiger partial charge in [-0.15, -0.1) is 0 Å². The standard InChI is InChI=1S/C18H24F3N3O4S/c1-3-22(8-7-18(19,20)21)17(26)15-5-4-6-16(13-15)29(27,28)24-11-9-23(10-12-24)14(2)25/h4-6,13H,3,7-12H2,1-2H3. The van der Waals surface area contributed by atoms with Crippen LogP contribution in [0.2, 0.25) is 0 Å². The molecule has 1 aliphatic heterocycles. The average molecular weight is 435 g/mol. The molecule has 162 valence electrons. The van der Waals surface area contributed by atoms with Gasteiger partial charge >= 0.3 is 6.18 Å². The second-order valence-corrected chi connectivity index (χ2v) is 8.63. The van der Waals surface area contributed by atoms with Crippen molar-refractivity contribution in [3.05, 3.63) is 29.8 Å². The Balaban J connectivity index is 2.17. The van der Waals surface area contributed by atoms with E-state index in [1.54, 1.807) is 11.8 Å². The molecule has 1 heterocycles. The summed E-state index contributed by atoms with van der Waals surface area (Å²) in [5.74, 6) is -0.789. The van der Waals surface area contributed by atoms with Gasteiger partial charge in [-0.05, 0) is 25.1 Å². The molecule has 11 heteroatoms. The maximum atomic E-state index is 12.9. The summed E-state index contributed by atoms with van der Waals surface area (Å²) in [6.07, 6.45) is -5.52. The van der Waals surface area contributed by atoms with Crippen molar-refractivity contribution in [1.82, 2.24) is 14.1 Å². The fraction of sp³-hybridized carbons (Fsp3) is 0.556. The third-order valence-corrected chi connectivity index (χ3v) is 6.63. The molecule has 2 rings (SSSR count). The Morgan fingerprint density at radius 1 is 1.14 bits per heavy atom. The molecule has 0 unspecified atom stereocenters. The monoisotopic (exact) mass is 435 g/mol. The van der Waals surface area contributed by atoms with Gasteiger partial charge in [0.2, 0.25) is 15.9 Å². The molecule has 7 nitrogen and oxygen atoms in total. The van der Waals surface area contributed by atoms with Crippen molar-refractivity contribution in [2.45, 2.75) is 31.3 Å². The Kier molecular flexibility index (Phi) is 7.28. The van der Waals surface area contributed by atoms with Crippen LogP contribution in [0.25, 0.3) is 0 Å². The van der Waals surface area contributed by atoms with Crippen molar-refractivity contribution in [1.29, 1.82) is 0 Å². The van der Waals surface area contributed by atoms with Crippen LogP contribution in [0, 0.1) is 0 Å². The zero-order valence-electron chi connectivity index (χ0n) is 16.3. The predicted octanol–water partition coefficient (Wildman–Crippen LogP) is 1.95. The van der Waals surface area contributed by atoms with E-state index in [1.807, 2.05) is 0 Å². The molecule has 0 saturated carbocycles. The van der Waals surface area contributed by atoms with Gasteiger partial charge in [-0.2, -0.15) is 17.5 Å². The molecular formula is C18H24F3N3O4S. The first-order valence-electron chi connectivity index (χ1n) is 9.17. The summed E-state index contributed by atoms with van der Waals surface area (Å²) in [4.78, 5) is 26.4. The summed E-state index contributed by atoms with van der Waals surface area (Å²) < 4.78 is 64.4. The lowest BCUT2D eigenvalue weighted by molar-refractivity contribution is -0.136. The number of carbonyl (C=O) groups is 2. The summed E-state index contributed by atoms with van der Waals surface area (Å²) in [5.41, 5.74) is 0.0115. The molecule has 0 aromatic heterocycles. The smallest absolute Gasteiger partial charge is 0.340 e. The topological polar surface area (TPSA) is 78.0 Å². The Hall–Kier alpha value is -2.14. The number of halogens is 3. The van der Waals surface area contributed by atoms with Gasteiger partial charge in [0.25, 0.3) is 5.91 Å². The Bertz CT molecular complexity index is 850. The number of alkyl halides is 3. The van der Waals surface area contributed by atoms with Crippen molar-refractivity contribution in [3.63, 3.8) is 0 Å². The van der Waals surface area contributed by atoms with Crippen molar-refractivity contribution in [2.24, 2.45) is 0 Å². The number of piperazine rings is 1. The van der Waals surface area contributed by atoms with E-state index in [0.29, 0.717) is 0 Å². The molecule has 0 N–H and O–H groups in total. The van der Waals surface area contributed by atoms with Crippen LogP contribution in [0.3, 0.4) is 0 Å². The van der Waals surface area contributed by atoms with Crippen LogP contribution in [0.4, 0.5) is 13.2 Å². The second kappa shape index (κ2) is 9.12. The largest absolute Gasteiger partial charge is 0.390 e. The van der Waals surface area contributed by atoms with Crippen molar-refractivity contribution in [2.75, 3.05) is 39.3 Å². The molecular weight excluding hydrogens is 411 g/mol. The molecule has 29 heavy (non-hydrogen) atoms. The molecule has 1 fully saturated rings. The fourth-order valence-corrected chi connectivity index (χ4v) is 4.50. The number of sulfonamides is 1. The fourth-order valence-electron chi connectivity index (χ4n) is 3.03. The van der Waals surface area contributed by atoms with E-state index in [-0.39, 0.29) is 49.1 Å². The third-order valence-electron chi connectivity index (χ3n) is 4.74. The van der Waals surface area contributed by atoms with E-state index in [0.717, 1.165) is 4.90 Å². The van der Waals surface area contributed by atoms with E-state index in [9.17, 15) is 31.2 Å². The number of benzene rings is 1. The zero-order chi connectivity index (χ0) is 21.8. The van der Waals surface area contributed by atoms with Gasteiger partial charge in [-0.25, -0.2) is 8.42 Å². The van der Waals surface area contributed by atoms with Gasteiger partial charge in [-0.3, -0.25) is 9.59 Å². The second-order valence-electron chi connectivity index (χ2n) is 6.69. The normalized spacial score (nSPS) is 16.0. The predicted molar refractivity (Wildman–Crippen MR) is 99.7 cm³/mol. The Morgan fingerprint density at radius 2 is 1.76 bits per heavy atom. The lowest BCUT2D eigenvalue weighted by Gasteiger charge is -2.33. The highest BCUT2D eigenvalue weighted by Gasteiger charge is 2.31. The third kappa shape index (κ3) is 5.92. The van der Waals surface area contributed by atoms with Gasteiger partial charge < -0.3 is 9.80 Å². The first-order chi connectivity index (χ1) is 13.5. The van der Waals surface area contributed by atoms with Crippen LogP contribution < -0.4 is 0 Å². The summed E-state index contributed by atoms with van der Waals surface area (Å²) >= 11 is 0. The molecule has 1 aromatic rings. The summed E-state index contributed by atoms with van der Waals surface area (Å²) in [6, 6.07) is 5.30. The quantitative estimate of drug-likeness (QED) is 0.684. The summed E-state index contributed by atoms with van der Waals surface area (Å²) in [5, 5.41) is 0. The Labute approximate surface area is 168 Å². The van der Waals surface area contributed by atoms with Crippen LogP contribution >= 0.6 is 0 Å². The van der Waals surface area contributed by atoms with Crippen LogP contribution in [0.15, 0.2) is 29.2 Å². The van der Waals surface area contributed by atoms with Gasteiger partial charge in [0.05, 0.1) is 11.3 Å². The van der Waals surface area contributed by atoms with Crippen LogP contribution in [-0.4, -0.2) is 79.8 Å². The van der Waals surface area contributed by atoms with E-state index in [1.165, 1.54) is 35.5 Å². The van der Waals surface area contributed by atoms with Gasteiger partial charge in [0, 0.05) is 51.8 Å². The number of hydrogen-bond donors (Lipinski definition) is 0. The minimum Gasteiger partial charge on any atom is -0.340 e. The molecule has 2 amide bonds. The van der Waals surface area contributed by atoms with Crippen LogP contribution in [0.1, 0.15) is 30.6 Å². The first kappa shape index (κ1) is 23.1. The maximum absolute atomic E-state index is 12.9. The average Bonchev–Trinajstić information content (AvgIpc) is 2.67. The number of carbonyl (C=O) groups excluding carboxylic acids is 2. The number of hydrogen-bond acceptors (Lipinski definition) is 4. The molecule has 0 bridgehead atoms. The van der Waals surface area contributed by atoms with E-state index in [4.69, 9.17) is 0 Å². The first-order valence-corrected chi connectivity index (χ1v) is 10.6. The lowest BCUT2D eigenvalue weighted by atomic mass is 10.2. The van der Waals surface area contributed by atoms with E-state index < -0.39 is 35.1 Å². The molecule has 1 saturated heterocycles. The molecule has 1 aromatic carbocycles. The molecule has 0 aliphatic carbocycles. The highest BCUT2D eigenvalue weighted by Crippen LogP contribution is 2.22. The van der Waals surface area contributed by atoms with E-state index >= 15 is 0 Å². The number of amides is 2. The number of nitrogens with zero attached hydrogens (tertiary/aromatic N) is 3. The lowest BCUT2D eigenvalue weighted by Crippen LogP contribution is -2.49. The molecule has 0 radical (unpaired) electrons. The van der Waals surface area contributed by atoms with Gasteiger partial charge in [0.15, 0.2) is 0 Å². The minimum absolute atomic E-state index is 0.0115. The van der Waals surface area contributed by atoms with Crippen molar-refractivity contribution < 1.29 is 31.2 Å². The zero-order valence-corrected chi connectivity index (χ0v) is 17.1. The molecule has 0 spiro atoms. The van der Waals surface area contributed by atoms with E-state index in [2.05, 4.69) is 0 Å². The van der Waals surface area contributed by atoms with Crippen molar-refractivity contribution >= 4 is 21.8 Å². The summed E-state index contributed by atoms with van der Waals surface area (Å²) in [6.45, 7) is 3.35. The van der Waals surface area contributed by atoms with Gasteiger partial charge in [0.1, 0.15) is 0 Å². The Morgan fingerprint density at radius 3 is 2.28 bits per heavy atom. The molecule has 0 atom stereocenters. The highest BCUT2D eigenvalue weighted by molar-refractivity contribution is 7.89. The minimum atomic E-state index is -4.39.